The molecule has 0 saturated carbocycles. The third-order valence-corrected chi connectivity index (χ3v) is 3.65. The summed E-state index contributed by atoms with van der Waals surface area (Å²) in [4.78, 5) is 0. The van der Waals surface area contributed by atoms with E-state index in [9.17, 15) is 22.0 Å². The fourth-order valence-corrected chi connectivity index (χ4v) is 2.57. The monoisotopic (exact) mass is 370 g/mol. The quantitative estimate of drug-likeness (QED) is 0.279. The number of alkyl halides is 1. The van der Waals surface area contributed by atoms with E-state index in [1.54, 1.807) is 0 Å². The molecule has 0 aliphatic carbocycles. The Kier molecular flexibility index (Phi) is 4.34. The zero-order chi connectivity index (χ0) is 15.0. The minimum absolute atomic E-state index is 0.156. The Bertz CT molecular complexity index is 658. The second kappa shape index (κ2) is 5.69. The smallest absolute Gasteiger partial charge is 0.200 e. The van der Waals surface area contributed by atoms with Crippen LogP contribution in [0.25, 0.3) is 11.1 Å². The standard InChI is InChI=1S/C13H5BrClF5/c14-4-6-2-1-5(3-7(6)15)8-9(16)11(18)13(20)12(19)10(8)17/h1-3H,4H2. The summed E-state index contributed by atoms with van der Waals surface area (Å²) in [5, 5.41) is 0.548. The number of rotatable bonds is 2. The Balaban J connectivity index is 2.73. The average Bonchev–Trinajstić information content (AvgIpc) is 2.43. The highest BCUT2D eigenvalue weighted by molar-refractivity contribution is 9.08. The lowest BCUT2D eigenvalue weighted by Gasteiger charge is -2.10. The van der Waals surface area contributed by atoms with E-state index in [-0.39, 0.29) is 10.6 Å². The van der Waals surface area contributed by atoms with Crippen LogP contribution in [0.15, 0.2) is 18.2 Å². The first kappa shape index (κ1) is 15.3. The SMILES string of the molecule is Fc1c(F)c(F)c(-c2ccc(CBr)c(Cl)c2)c(F)c1F. The molecule has 2 aromatic carbocycles. The third-order valence-electron chi connectivity index (χ3n) is 2.70. The topological polar surface area (TPSA) is 0 Å². The molecule has 0 amide bonds. The third kappa shape index (κ3) is 2.42. The molecule has 0 aliphatic rings. The van der Waals surface area contributed by atoms with Crippen molar-refractivity contribution in [1.82, 2.24) is 0 Å². The van der Waals surface area contributed by atoms with Crippen LogP contribution in [0.4, 0.5) is 22.0 Å². The van der Waals surface area contributed by atoms with Crippen molar-refractivity contribution in [3.63, 3.8) is 0 Å². The molecule has 0 heterocycles. The van der Waals surface area contributed by atoms with Crippen molar-refractivity contribution in [3.8, 4) is 11.1 Å². The van der Waals surface area contributed by atoms with E-state index in [0.717, 1.165) is 6.07 Å². The van der Waals surface area contributed by atoms with Crippen LogP contribution < -0.4 is 0 Å². The van der Waals surface area contributed by atoms with Gasteiger partial charge in [-0.05, 0) is 17.2 Å². The maximum Gasteiger partial charge on any atom is 0.200 e. The molecule has 106 valence electrons. The van der Waals surface area contributed by atoms with Crippen LogP contribution in [0.1, 0.15) is 5.56 Å². The maximum absolute atomic E-state index is 13.6. The molecule has 0 atom stereocenters. The summed E-state index contributed by atoms with van der Waals surface area (Å²) in [6, 6.07) is 3.82. The first-order chi connectivity index (χ1) is 9.38. The molecule has 2 aromatic rings. The molecule has 0 saturated heterocycles. The molecule has 0 nitrogen and oxygen atoms in total. The highest BCUT2D eigenvalue weighted by atomic mass is 79.9. The summed E-state index contributed by atoms with van der Waals surface area (Å²) < 4.78 is 66.5. The first-order valence-corrected chi connectivity index (χ1v) is 6.74. The van der Waals surface area contributed by atoms with E-state index in [1.807, 2.05) is 0 Å². The van der Waals surface area contributed by atoms with Gasteiger partial charge in [0, 0.05) is 10.4 Å². The van der Waals surface area contributed by atoms with Gasteiger partial charge < -0.3 is 0 Å². The van der Waals surface area contributed by atoms with Gasteiger partial charge in [-0.2, -0.15) is 0 Å². The Morgan fingerprint density at radius 2 is 1.35 bits per heavy atom. The molecule has 0 N–H and O–H groups in total. The van der Waals surface area contributed by atoms with Crippen LogP contribution in [0.2, 0.25) is 5.02 Å². The molecule has 0 aromatic heterocycles. The van der Waals surface area contributed by atoms with Crippen LogP contribution in [0, 0.1) is 29.1 Å². The second-order valence-electron chi connectivity index (χ2n) is 3.88. The average molecular weight is 372 g/mol. The van der Waals surface area contributed by atoms with Crippen molar-refractivity contribution < 1.29 is 22.0 Å². The van der Waals surface area contributed by atoms with Gasteiger partial charge in [0.05, 0.1) is 5.56 Å². The Hall–Kier alpha value is -1.14. The summed E-state index contributed by atoms with van der Waals surface area (Å²) in [5.41, 5.74) is -0.559. The minimum Gasteiger partial charge on any atom is -0.203 e. The zero-order valence-electron chi connectivity index (χ0n) is 9.58. The molecule has 0 bridgehead atoms. The lowest BCUT2D eigenvalue weighted by atomic mass is 10.0. The summed E-state index contributed by atoms with van der Waals surface area (Å²) in [6.45, 7) is 0. The molecule has 0 aliphatic heterocycles. The van der Waals surface area contributed by atoms with Gasteiger partial charge in [-0.3, -0.25) is 0 Å². The first-order valence-electron chi connectivity index (χ1n) is 5.24. The minimum atomic E-state index is -2.19. The van der Waals surface area contributed by atoms with Gasteiger partial charge in [0.25, 0.3) is 0 Å². The fraction of sp³-hybridized carbons (Fsp3) is 0.0769. The number of hydrogen-bond donors (Lipinski definition) is 0. The summed E-state index contributed by atoms with van der Waals surface area (Å²) in [6.07, 6.45) is 0. The number of halogens is 7. The van der Waals surface area contributed by atoms with Gasteiger partial charge in [-0.25, -0.2) is 22.0 Å². The Morgan fingerprint density at radius 3 is 1.80 bits per heavy atom. The van der Waals surface area contributed by atoms with E-state index in [2.05, 4.69) is 15.9 Å². The van der Waals surface area contributed by atoms with Crippen molar-refractivity contribution in [3.05, 3.63) is 57.9 Å². The second-order valence-corrected chi connectivity index (χ2v) is 4.85. The molecule has 0 fully saturated rings. The predicted octanol–water partition coefficient (Wildman–Crippen LogP) is 5.60. The lowest BCUT2D eigenvalue weighted by Crippen LogP contribution is -2.04. The van der Waals surface area contributed by atoms with Crippen molar-refractivity contribution in [1.29, 1.82) is 0 Å². The van der Waals surface area contributed by atoms with Gasteiger partial charge >= 0.3 is 0 Å². The summed E-state index contributed by atoms with van der Waals surface area (Å²) >= 11 is 9.01. The van der Waals surface area contributed by atoms with E-state index in [0.29, 0.717) is 10.9 Å². The van der Waals surface area contributed by atoms with Crippen LogP contribution in [0.3, 0.4) is 0 Å². The van der Waals surface area contributed by atoms with E-state index in [1.165, 1.54) is 12.1 Å². The Morgan fingerprint density at radius 1 is 0.850 bits per heavy atom. The molecule has 0 unspecified atom stereocenters. The lowest BCUT2D eigenvalue weighted by molar-refractivity contribution is 0.381. The predicted molar refractivity (Wildman–Crippen MR) is 69.3 cm³/mol. The molecule has 0 spiro atoms. The summed E-state index contributed by atoms with van der Waals surface area (Å²) in [5.74, 6) is -9.93. The van der Waals surface area contributed by atoms with Gasteiger partial charge in [0.15, 0.2) is 23.3 Å². The van der Waals surface area contributed by atoms with Gasteiger partial charge in [-0.1, -0.05) is 39.7 Å². The van der Waals surface area contributed by atoms with Crippen LogP contribution in [0.5, 0.6) is 0 Å². The normalized spacial score (nSPS) is 10.9. The molecule has 7 heteroatoms. The molecule has 0 radical (unpaired) electrons. The Labute approximate surface area is 124 Å². The molecule has 20 heavy (non-hydrogen) atoms. The maximum atomic E-state index is 13.6. The highest BCUT2D eigenvalue weighted by Gasteiger charge is 2.26. The van der Waals surface area contributed by atoms with E-state index >= 15 is 0 Å². The summed E-state index contributed by atoms with van der Waals surface area (Å²) in [7, 11) is 0. The van der Waals surface area contributed by atoms with Crippen LogP contribution >= 0.6 is 27.5 Å². The van der Waals surface area contributed by atoms with Crippen LogP contribution in [-0.4, -0.2) is 0 Å². The van der Waals surface area contributed by atoms with Crippen molar-refractivity contribution in [2.24, 2.45) is 0 Å². The molecular weight excluding hydrogens is 366 g/mol. The number of benzene rings is 2. The van der Waals surface area contributed by atoms with Crippen molar-refractivity contribution in [2.45, 2.75) is 5.33 Å². The molecule has 2 rings (SSSR count). The van der Waals surface area contributed by atoms with E-state index < -0.39 is 34.6 Å². The van der Waals surface area contributed by atoms with Crippen molar-refractivity contribution >= 4 is 27.5 Å². The fourth-order valence-electron chi connectivity index (χ4n) is 1.67. The highest BCUT2D eigenvalue weighted by Crippen LogP contribution is 2.33. The van der Waals surface area contributed by atoms with E-state index in [4.69, 9.17) is 11.6 Å². The van der Waals surface area contributed by atoms with Gasteiger partial charge in [-0.15, -0.1) is 0 Å². The molecular formula is C13H5BrClF5. The number of hydrogen-bond acceptors (Lipinski definition) is 0. The largest absolute Gasteiger partial charge is 0.203 e. The van der Waals surface area contributed by atoms with Gasteiger partial charge in [0.1, 0.15) is 0 Å². The zero-order valence-corrected chi connectivity index (χ0v) is 11.9. The van der Waals surface area contributed by atoms with Crippen LogP contribution in [-0.2, 0) is 5.33 Å². The van der Waals surface area contributed by atoms with Crippen molar-refractivity contribution in [2.75, 3.05) is 0 Å². The van der Waals surface area contributed by atoms with Gasteiger partial charge in [0.2, 0.25) is 5.82 Å².